The van der Waals surface area contributed by atoms with E-state index in [-0.39, 0.29) is 25.7 Å². The van der Waals surface area contributed by atoms with E-state index >= 15 is 0 Å². The lowest BCUT2D eigenvalue weighted by atomic mass is 10.0. The highest BCUT2D eigenvalue weighted by Gasteiger charge is 2.30. The molecule has 0 heterocycles. The molecule has 2 unspecified atom stereocenters. The number of aliphatic hydroxyl groups excluding tert-OH is 1. The molecule has 17 nitrogen and oxygen atoms in total. The highest BCUT2D eigenvalue weighted by Crippen LogP contribution is 2.45. The van der Waals surface area contributed by atoms with Gasteiger partial charge >= 0.3 is 39.5 Å². The second-order valence-electron chi connectivity index (χ2n) is 27.2. The van der Waals surface area contributed by atoms with E-state index in [1.54, 1.807) is 0 Å². The van der Waals surface area contributed by atoms with E-state index in [0.717, 1.165) is 108 Å². The summed E-state index contributed by atoms with van der Waals surface area (Å²) in [6.07, 6.45) is 41.9. The van der Waals surface area contributed by atoms with Crippen molar-refractivity contribution in [1.29, 1.82) is 0 Å². The molecule has 5 atom stereocenters. The summed E-state index contributed by atoms with van der Waals surface area (Å²) < 4.78 is 68.2. The molecule has 19 heteroatoms. The number of hydrogen-bond donors (Lipinski definition) is 3. The number of phosphoric acid groups is 2. The molecule has 0 aliphatic carbocycles. The maximum absolute atomic E-state index is 13.0. The Labute approximate surface area is 543 Å². The average molecular weight is 1310 g/mol. The molecule has 0 saturated heterocycles. The van der Waals surface area contributed by atoms with Crippen LogP contribution in [-0.2, 0) is 65.4 Å². The van der Waals surface area contributed by atoms with Crippen LogP contribution < -0.4 is 0 Å². The number of ether oxygens (including phenoxy) is 4. The van der Waals surface area contributed by atoms with E-state index in [1.165, 1.54) is 141 Å². The largest absolute Gasteiger partial charge is 0.472 e. The summed E-state index contributed by atoms with van der Waals surface area (Å²) in [7, 11) is -9.90. The molecule has 89 heavy (non-hydrogen) atoms. The molecule has 0 aromatic heterocycles. The molecular formula is C70H136O17P2. The molecule has 0 aliphatic heterocycles. The summed E-state index contributed by atoms with van der Waals surface area (Å²) in [5.74, 6) is 0.801. The minimum Gasteiger partial charge on any atom is -0.462 e. The first-order valence-electron chi connectivity index (χ1n) is 36.2. The van der Waals surface area contributed by atoms with Crippen molar-refractivity contribution in [3.8, 4) is 0 Å². The van der Waals surface area contributed by atoms with Crippen molar-refractivity contribution in [2.75, 3.05) is 39.6 Å². The van der Waals surface area contributed by atoms with Crippen molar-refractivity contribution < 1.29 is 80.2 Å². The Hall–Kier alpha value is -1.94. The van der Waals surface area contributed by atoms with Crippen molar-refractivity contribution in [2.24, 2.45) is 23.7 Å². The van der Waals surface area contributed by atoms with Crippen molar-refractivity contribution in [3.63, 3.8) is 0 Å². The van der Waals surface area contributed by atoms with Gasteiger partial charge in [0.25, 0.3) is 0 Å². The average Bonchev–Trinajstić information content (AvgIpc) is 3.68. The van der Waals surface area contributed by atoms with Crippen LogP contribution in [0, 0.1) is 23.7 Å². The number of hydrogen-bond acceptors (Lipinski definition) is 15. The van der Waals surface area contributed by atoms with Crippen LogP contribution in [0.15, 0.2) is 0 Å². The molecule has 0 fully saturated rings. The lowest BCUT2D eigenvalue weighted by Gasteiger charge is -2.21. The molecule has 0 saturated carbocycles. The Kier molecular flexibility index (Phi) is 58.5. The Balaban J connectivity index is 5.24. The normalized spacial score (nSPS) is 14.3. The highest BCUT2D eigenvalue weighted by atomic mass is 31.2. The lowest BCUT2D eigenvalue weighted by molar-refractivity contribution is -0.161. The molecule has 0 rings (SSSR count). The Morgan fingerprint density at radius 3 is 0.697 bits per heavy atom. The zero-order valence-corrected chi connectivity index (χ0v) is 59.8. The van der Waals surface area contributed by atoms with E-state index < -0.39 is 97.5 Å². The number of esters is 4. The van der Waals surface area contributed by atoms with Gasteiger partial charge in [0.2, 0.25) is 0 Å². The number of rotatable bonds is 67. The van der Waals surface area contributed by atoms with Crippen molar-refractivity contribution in [3.05, 3.63) is 0 Å². The molecule has 0 bridgehead atoms. The van der Waals surface area contributed by atoms with Crippen LogP contribution in [-0.4, -0.2) is 96.7 Å². The van der Waals surface area contributed by atoms with Gasteiger partial charge in [0.15, 0.2) is 12.2 Å². The summed E-state index contributed by atoms with van der Waals surface area (Å²) in [5, 5.41) is 10.6. The van der Waals surface area contributed by atoms with Crippen LogP contribution in [0.25, 0.3) is 0 Å². The van der Waals surface area contributed by atoms with Gasteiger partial charge in [-0.1, -0.05) is 293 Å². The van der Waals surface area contributed by atoms with Gasteiger partial charge in [-0.2, -0.15) is 0 Å². The fraction of sp³-hybridized carbons (Fsp3) is 0.943. The number of carbonyl (C=O) groups excluding carboxylic acids is 4. The van der Waals surface area contributed by atoms with E-state index in [9.17, 15) is 43.2 Å². The molecule has 0 spiro atoms. The molecule has 528 valence electrons. The van der Waals surface area contributed by atoms with Crippen molar-refractivity contribution in [2.45, 2.75) is 363 Å². The van der Waals surface area contributed by atoms with Crippen molar-refractivity contribution >= 4 is 39.5 Å². The van der Waals surface area contributed by atoms with Gasteiger partial charge in [0, 0.05) is 25.7 Å². The first-order valence-corrected chi connectivity index (χ1v) is 39.2. The highest BCUT2D eigenvalue weighted by molar-refractivity contribution is 7.47. The van der Waals surface area contributed by atoms with Crippen molar-refractivity contribution in [1.82, 2.24) is 0 Å². The molecule has 0 amide bonds. The summed E-state index contributed by atoms with van der Waals surface area (Å²) in [4.78, 5) is 72.5. The lowest BCUT2D eigenvalue weighted by Crippen LogP contribution is -2.30. The zero-order chi connectivity index (χ0) is 66.1. The maximum atomic E-state index is 13.0. The van der Waals surface area contributed by atoms with Gasteiger partial charge in [-0.05, 0) is 49.4 Å². The molecule has 0 aromatic rings. The van der Waals surface area contributed by atoms with Gasteiger partial charge in [-0.3, -0.25) is 37.3 Å². The summed E-state index contributed by atoms with van der Waals surface area (Å²) in [5.41, 5.74) is 0. The second-order valence-corrected chi connectivity index (χ2v) is 30.1. The Morgan fingerprint density at radius 1 is 0.281 bits per heavy atom. The minimum atomic E-state index is -4.95. The van der Waals surface area contributed by atoms with E-state index in [0.29, 0.717) is 37.5 Å². The topological polar surface area (TPSA) is 237 Å². The maximum Gasteiger partial charge on any atom is 0.472 e. The molecular weight excluding hydrogens is 1170 g/mol. The predicted octanol–water partition coefficient (Wildman–Crippen LogP) is 19.7. The smallest absolute Gasteiger partial charge is 0.462 e. The second kappa shape index (κ2) is 59.8. The molecule has 3 N–H and O–H groups in total. The molecule has 0 aromatic carbocycles. The number of unbranched alkanes of at least 4 members (excludes halogenated alkanes) is 33. The minimum absolute atomic E-state index is 0.102. The standard InChI is InChI=1S/C70H136O17P2/c1-60(2)46-38-30-22-17-13-9-11-15-19-25-34-42-50-67(72)80-56-65(86-69(74)52-44-36-26-20-16-12-10-14-18-23-31-39-47-61(3)4)58-84-88(76,77)82-54-64(71)55-83-89(78,79)85-59-66(57-81-68(73)51-43-35-29-28-33-41-49-63(7)8)87-70(75)53-45-37-27-21-24-32-40-48-62(5)6/h60-66,71H,9-59H2,1-8H3,(H,76,77)(H,78,79)/t64-,65-,66-/m1/s1. The fourth-order valence-electron chi connectivity index (χ4n) is 10.5. The number of aliphatic hydroxyl groups is 1. The predicted molar refractivity (Wildman–Crippen MR) is 358 cm³/mol. The van der Waals surface area contributed by atoms with Gasteiger partial charge in [0.1, 0.15) is 19.3 Å². The van der Waals surface area contributed by atoms with Crippen LogP contribution in [0.2, 0.25) is 0 Å². The molecule has 0 aliphatic rings. The number of carbonyl (C=O) groups is 4. The van der Waals surface area contributed by atoms with Crippen LogP contribution in [0.5, 0.6) is 0 Å². The van der Waals surface area contributed by atoms with Gasteiger partial charge < -0.3 is 33.8 Å². The first kappa shape index (κ1) is 87.1. The van der Waals surface area contributed by atoms with E-state index in [1.807, 2.05) is 0 Å². The molecule has 0 radical (unpaired) electrons. The van der Waals surface area contributed by atoms with E-state index in [2.05, 4.69) is 55.4 Å². The van der Waals surface area contributed by atoms with Gasteiger partial charge in [-0.25, -0.2) is 9.13 Å². The Morgan fingerprint density at radius 2 is 0.472 bits per heavy atom. The summed E-state index contributed by atoms with van der Waals surface area (Å²) >= 11 is 0. The fourth-order valence-corrected chi connectivity index (χ4v) is 12.1. The van der Waals surface area contributed by atoms with Crippen LogP contribution in [0.1, 0.15) is 344 Å². The Bertz CT molecular complexity index is 1760. The van der Waals surface area contributed by atoms with Crippen LogP contribution >= 0.6 is 15.6 Å². The van der Waals surface area contributed by atoms with Gasteiger partial charge in [-0.15, -0.1) is 0 Å². The summed E-state index contributed by atoms with van der Waals surface area (Å²) in [6, 6.07) is 0. The quantitative estimate of drug-likeness (QED) is 0.0222. The monoisotopic (exact) mass is 1310 g/mol. The van der Waals surface area contributed by atoms with Crippen LogP contribution in [0.4, 0.5) is 0 Å². The number of phosphoric ester groups is 2. The third-order valence-corrected chi connectivity index (χ3v) is 18.0. The third-order valence-electron chi connectivity index (χ3n) is 16.1. The van der Waals surface area contributed by atoms with Gasteiger partial charge in [0.05, 0.1) is 26.4 Å². The SMILES string of the molecule is CC(C)CCCCCCCCCCCCCCC(=O)OC[C@H](COP(=O)(O)OC[C@@H](O)COP(=O)(O)OC[C@@H](COC(=O)CCCCCCCCC(C)C)OC(=O)CCCCCCCCCC(C)C)OC(=O)CCCCCCCCCCCCCCC(C)C. The third kappa shape index (κ3) is 64.6. The van der Waals surface area contributed by atoms with Crippen LogP contribution in [0.3, 0.4) is 0 Å². The zero-order valence-electron chi connectivity index (χ0n) is 58.1. The van der Waals surface area contributed by atoms with E-state index in [4.69, 9.17) is 37.0 Å². The first-order chi connectivity index (χ1) is 42.6. The summed E-state index contributed by atoms with van der Waals surface area (Å²) in [6.45, 7) is 14.0.